The van der Waals surface area contributed by atoms with E-state index in [4.69, 9.17) is 21.4 Å². The quantitative estimate of drug-likeness (QED) is 0.392. The zero-order valence-electron chi connectivity index (χ0n) is 12.3. The fourth-order valence-electron chi connectivity index (χ4n) is 1.66. The minimum absolute atomic E-state index is 0.123. The molecule has 0 radical (unpaired) electrons. The zero-order chi connectivity index (χ0) is 18.4. The maximum absolute atomic E-state index is 10.5. The van der Waals surface area contributed by atoms with Crippen molar-refractivity contribution in [3.63, 3.8) is 0 Å². The smallest absolute Gasteiger partial charge is 0.341 e. The number of hydrazone groups is 1. The molecule has 25 heavy (non-hydrogen) atoms. The van der Waals surface area contributed by atoms with Crippen molar-refractivity contribution in [2.45, 2.75) is 0 Å². The Labute approximate surface area is 154 Å². The molecular formula is C14H10BrClN4O5. The van der Waals surface area contributed by atoms with Crippen LogP contribution in [-0.4, -0.2) is 33.8 Å². The molecule has 130 valence electrons. The van der Waals surface area contributed by atoms with Gasteiger partial charge < -0.3 is 9.84 Å². The van der Waals surface area contributed by atoms with E-state index < -0.39 is 17.5 Å². The monoisotopic (exact) mass is 428 g/mol. The van der Waals surface area contributed by atoms with E-state index >= 15 is 0 Å². The van der Waals surface area contributed by atoms with Gasteiger partial charge in [-0.1, -0.05) is 11.6 Å². The second-order valence-corrected chi connectivity index (χ2v) is 5.79. The minimum atomic E-state index is -1.12. The van der Waals surface area contributed by atoms with E-state index in [0.717, 1.165) is 6.20 Å². The summed E-state index contributed by atoms with van der Waals surface area (Å²) in [6.07, 6.45) is 2.56. The normalized spacial score (nSPS) is 10.6. The number of carboxylic acids is 1. The number of nitrogens with zero attached hydrogens (tertiary/aromatic N) is 3. The Morgan fingerprint density at radius 1 is 1.52 bits per heavy atom. The third-order valence-electron chi connectivity index (χ3n) is 2.71. The number of hydrogen-bond donors (Lipinski definition) is 2. The molecule has 2 aromatic rings. The summed E-state index contributed by atoms with van der Waals surface area (Å²) >= 11 is 9.30. The number of nitro groups is 1. The van der Waals surface area contributed by atoms with Crippen molar-refractivity contribution < 1.29 is 19.6 Å². The van der Waals surface area contributed by atoms with Crippen molar-refractivity contribution in [1.82, 2.24) is 4.98 Å². The van der Waals surface area contributed by atoms with Gasteiger partial charge in [0.2, 0.25) is 0 Å². The van der Waals surface area contributed by atoms with Gasteiger partial charge in [0.1, 0.15) is 12.0 Å². The number of hydrogen-bond acceptors (Lipinski definition) is 7. The standard InChI is InChI=1S/C14H10BrClN4O5/c15-10-3-8(4-11(16)14(10)25-7-13(21)22)5-18-19-12-2-1-9(6-17-12)20(23)24/h1-6H,7H2,(H,17,19)(H,21,22). The van der Waals surface area contributed by atoms with Crippen LogP contribution in [0.3, 0.4) is 0 Å². The second-order valence-electron chi connectivity index (χ2n) is 4.52. The molecule has 0 bridgehead atoms. The average molecular weight is 430 g/mol. The fraction of sp³-hybridized carbons (Fsp3) is 0.0714. The van der Waals surface area contributed by atoms with E-state index in [-0.39, 0.29) is 16.5 Å². The Kier molecular flexibility index (Phi) is 6.25. The Hall–Kier alpha value is -2.72. The lowest BCUT2D eigenvalue weighted by Gasteiger charge is -2.09. The molecule has 1 heterocycles. The Balaban J connectivity index is 2.05. The van der Waals surface area contributed by atoms with Crippen molar-refractivity contribution in [3.05, 3.63) is 55.6 Å². The van der Waals surface area contributed by atoms with Crippen LogP contribution < -0.4 is 10.2 Å². The highest BCUT2D eigenvalue weighted by Crippen LogP contribution is 2.34. The highest BCUT2D eigenvalue weighted by molar-refractivity contribution is 9.10. The van der Waals surface area contributed by atoms with Crippen molar-refractivity contribution in [3.8, 4) is 5.75 Å². The number of halogens is 2. The summed E-state index contributed by atoms with van der Waals surface area (Å²) in [5.41, 5.74) is 3.10. The van der Waals surface area contributed by atoms with Crippen molar-refractivity contribution in [1.29, 1.82) is 0 Å². The Bertz CT molecular complexity index is 805. The maximum atomic E-state index is 10.5. The topological polar surface area (TPSA) is 127 Å². The van der Waals surface area contributed by atoms with Crippen LogP contribution >= 0.6 is 27.5 Å². The maximum Gasteiger partial charge on any atom is 0.341 e. The van der Waals surface area contributed by atoms with E-state index in [0.29, 0.717) is 15.9 Å². The SMILES string of the molecule is O=C(O)COc1c(Cl)cc(C=NNc2ccc([N+](=O)[O-])cn2)cc1Br. The van der Waals surface area contributed by atoms with Crippen molar-refractivity contribution in [2.24, 2.45) is 5.10 Å². The summed E-state index contributed by atoms with van der Waals surface area (Å²) in [4.78, 5) is 24.4. The molecule has 0 amide bonds. The molecule has 11 heteroatoms. The third-order valence-corrected chi connectivity index (χ3v) is 3.58. The van der Waals surface area contributed by atoms with Gasteiger partial charge in [0, 0.05) is 6.07 Å². The number of carboxylic acid groups (broad SMARTS) is 1. The van der Waals surface area contributed by atoms with E-state index in [1.54, 1.807) is 6.07 Å². The molecule has 1 aromatic heterocycles. The average Bonchev–Trinajstić information content (AvgIpc) is 2.54. The molecular weight excluding hydrogens is 420 g/mol. The predicted octanol–water partition coefficient (Wildman–Crippen LogP) is 3.32. The number of aromatic nitrogens is 1. The van der Waals surface area contributed by atoms with Crippen molar-refractivity contribution in [2.75, 3.05) is 12.0 Å². The fourth-order valence-corrected chi connectivity index (χ4v) is 2.65. The molecule has 0 fully saturated rings. The lowest BCUT2D eigenvalue weighted by molar-refractivity contribution is -0.385. The first-order valence-corrected chi connectivity index (χ1v) is 7.77. The number of anilines is 1. The molecule has 0 unspecified atom stereocenters. The first kappa shape index (κ1) is 18.6. The highest BCUT2D eigenvalue weighted by Gasteiger charge is 2.10. The number of carbonyl (C=O) groups is 1. The summed E-state index contributed by atoms with van der Waals surface area (Å²) in [5, 5.41) is 23.3. The predicted molar refractivity (Wildman–Crippen MR) is 94.4 cm³/mol. The van der Waals surface area contributed by atoms with E-state index in [1.165, 1.54) is 24.4 Å². The first-order chi connectivity index (χ1) is 11.9. The molecule has 0 saturated heterocycles. The van der Waals surface area contributed by atoms with E-state index in [9.17, 15) is 14.9 Å². The van der Waals surface area contributed by atoms with Gasteiger partial charge in [0.25, 0.3) is 5.69 Å². The van der Waals surface area contributed by atoms with Gasteiger partial charge in [-0.15, -0.1) is 0 Å². The summed E-state index contributed by atoms with van der Waals surface area (Å²) < 4.78 is 5.55. The number of aliphatic carboxylic acids is 1. The lowest BCUT2D eigenvalue weighted by Crippen LogP contribution is -2.10. The van der Waals surface area contributed by atoms with Gasteiger partial charge in [0.15, 0.2) is 12.4 Å². The minimum Gasteiger partial charge on any atom is -0.479 e. The summed E-state index contributed by atoms with van der Waals surface area (Å²) in [6, 6.07) is 5.89. The molecule has 0 spiro atoms. The molecule has 2 N–H and O–H groups in total. The van der Waals surface area contributed by atoms with Crippen LogP contribution in [0.15, 0.2) is 40.0 Å². The first-order valence-electron chi connectivity index (χ1n) is 6.60. The molecule has 0 saturated carbocycles. The van der Waals surface area contributed by atoms with Gasteiger partial charge in [-0.2, -0.15) is 5.10 Å². The molecule has 0 atom stereocenters. The molecule has 0 aliphatic carbocycles. The van der Waals surface area contributed by atoms with Gasteiger partial charge in [-0.3, -0.25) is 15.5 Å². The second kappa shape index (κ2) is 8.40. The summed E-state index contributed by atoms with van der Waals surface area (Å²) in [5.74, 6) is -0.576. The summed E-state index contributed by atoms with van der Waals surface area (Å²) in [7, 11) is 0. The molecule has 0 aliphatic rings. The summed E-state index contributed by atoms with van der Waals surface area (Å²) in [6.45, 7) is -0.515. The number of benzene rings is 1. The Morgan fingerprint density at radius 2 is 2.28 bits per heavy atom. The van der Waals surface area contributed by atoms with Gasteiger partial charge >= 0.3 is 5.97 Å². The van der Waals surface area contributed by atoms with Gasteiger partial charge in [-0.05, 0) is 39.7 Å². The van der Waals surface area contributed by atoms with E-state index in [2.05, 4.69) is 31.4 Å². The van der Waals surface area contributed by atoms with Crippen LogP contribution in [0.1, 0.15) is 5.56 Å². The van der Waals surface area contributed by atoms with Gasteiger partial charge in [-0.25, -0.2) is 9.78 Å². The number of ether oxygens (including phenoxy) is 1. The van der Waals surface area contributed by atoms with Crippen LogP contribution in [0.25, 0.3) is 0 Å². The van der Waals surface area contributed by atoms with Crippen molar-refractivity contribution >= 4 is 51.2 Å². The van der Waals surface area contributed by atoms with Crippen LogP contribution in [-0.2, 0) is 4.79 Å². The Morgan fingerprint density at radius 3 is 2.84 bits per heavy atom. The molecule has 1 aromatic carbocycles. The van der Waals surface area contributed by atoms with Crippen LogP contribution in [0.2, 0.25) is 5.02 Å². The van der Waals surface area contributed by atoms with Crippen LogP contribution in [0.4, 0.5) is 11.5 Å². The number of pyridine rings is 1. The number of nitrogens with one attached hydrogen (secondary N) is 1. The van der Waals surface area contributed by atoms with Gasteiger partial charge in [0.05, 0.1) is 20.6 Å². The molecule has 9 nitrogen and oxygen atoms in total. The molecule has 0 aliphatic heterocycles. The van der Waals surface area contributed by atoms with Crippen LogP contribution in [0, 0.1) is 10.1 Å². The zero-order valence-corrected chi connectivity index (χ0v) is 14.7. The van der Waals surface area contributed by atoms with Crippen LogP contribution in [0.5, 0.6) is 5.75 Å². The highest BCUT2D eigenvalue weighted by atomic mass is 79.9. The molecule has 2 rings (SSSR count). The van der Waals surface area contributed by atoms with E-state index in [1.807, 2.05) is 0 Å². The lowest BCUT2D eigenvalue weighted by atomic mass is 10.2. The third kappa shape index (κ3) is 5.40. The largest absolute Gasteiger partial charge is 0.479 e. The number of rotatable bonds is 7.